The molecule has 0 heterocycles. The van der Waals surface area contributed by atoms with Crippen molar-refractivity contribution in [3.05, 3.63) is 24.3 Å². The lowest BCUT2D eigenvalue weighted by Gasteiger charge is -2.12. The minimum Gasteiger partial charge on any atom is -0.453 e. The van der Waals surface area contributed by atoms with Gasteiger partial charge in [0.05, 0.1) is 18.5 Å². The monoisotopic (exact) mass is 239 g/mol. The van der Waals surface area contributed by atoms with Crippen LogP contribution >= 0.6 is 12.2 Å². The van der Waals surface area contributed by atoms with Crippen LogP contribution in [0.2, 0.25) is 0 Å². The molecule has 0 spiro atoms. The van der Waals surface area contributed by atoms with E-state index in [-0.39, 0.29) is 5.11 Å². The van der Waals surface area contributed by atoms with Crippen molar-refractivity contribution in [2.24, 2.45) is 0 Å². The van der Waals surface area contributed by atoms with Crippen molar-refractivity contribution in [3.63, 3.8) is 0 Å². The fraction of sp³-hybridized carbons (Fsp3) is 0.200. The van der Waals surface area contributed by atoms with Gasteiger partial charge in [-0.2, -0.15) is 0 Å². The summed E-state index contributed by atoms with van der Waals surface area (Å²) >= 11 is 4.94. The number of carbonyl (C=O) groups excluding carboxylic acids is 1. The Labute approximate surface area is 99.2 Å². The summed E-state index contributed by atoms with van der Waals surface area (Å²) in [6, 6.07) is 7.50. The zero-order valence-corrected chi connectivity index (χ0v) is 9.85. The van der Waals surface area contributed by atoms with Gasteiger partial charge in [0.1, 0.15) is 0 Å². The Kier molecular flexibility index (Phi) is 4.53. The summed E-state index contributed by atoms with van der Waals surface area (Å²) in [6.45, 7) is 0. The maximum Gasteiger partial charge on any atom is 0.413 e. The molecule has 0 aliphatic carbocycles. The van der Waals surface area contributed by atoms with E-state index in [0.29, 0.717) is 0 Å². The van der Waals surface area contributed by atoms with Crippen molar-refractivity contribution in [2.45, 2.75) is 0 Å². The molecule has 0 radical (unpaired) electrons. The standard InChI is InChI=1S/C10H13N3O2S/c1-11-7-5-3-4-6-8(7)12-9(16)13-10(14)15-2/h3-6,11H,1-2H3,(H2,12,13,14,16). The molecule has 16 heavy (non-hydrogen) atoms. The number of benzene rings is 1. The lowest BCUT2D eigenvalue weighted by atomic mass is 10.2. The third kappa shape index (κ3) is 3.39. The van der Waals surface area contributed by atoms with Crippen molar-refractivity contribution in [2.75, 3.05) is 24.8 Å². The maximum absolute atomic E-state index is 10.9. The molecule has 0 saturated heterocycles. The number of carbonyl (C=O) groups is 1. The Hall–Kier alpha value is -1.82. The van der Waals surface area contributed by atoms with E-state index in [1.165, 1.54) is 7.11 Å². The smallest absolute Gasteiger partial charge is 0.413 e. The molecular weight excluding hydrogens is 226 g/mol. The molecule has 0 bridgehead atoms. The SMILES string of the molecule is CNc1ccccc1NC(=S)NC(=O)OC. The van der Waals surface area contributed by atoms with Crippen LogP contribution in [-0.4, -0.2) is 25.4 Å². The van der Waals surface area contributed by atoms with E-state index in [2.05, 4.69) is 20.7 Å². The molecule has 6 heteroatoms. The van der Waals surface area contributed by atoms with Crippen LogP contribution in [0.4, 0.5) is 16.2 Å². The normalized spacial score (nSPS) is 9.12. The first-order valence-electron chi connectivity index (χ1n) is 4.60. The van der Waals surface area contributed by atoms with Crippen LogP contribution in [0.1, 0.15) is 0 Å². The summed E-state index contributed by atoms with van der Waals surface area (Å²) in [7, 11) is 3.08. The zero-order chi connectivity index (χ0) is 12.0. The van der Waals surface area contributed by atoms with E-state index in [4.69, 9.17) is 12.2 Å². The molecule has 5 nitrogen and oxygen atoms in total. The first kappa shape index (κ1) is 12.3. The lowest BCUT2D eigenvalue weighted by molar-refractivity contribution is 0.177. The van der Waals surface area contributed by atoms with Gasteiger partial charge in [0.25, 0.3) is 0 Å². The van der Waals surface area contributed by atoms with Crippen LogP contribution in [0.25, 0.3) is 0 Å². The molecule has 1 aromatic rings. The molecule has 0 aromatic heterocycles. The molecule has 1 rings (SSSR count). The molecule has 1 aromatic carbocycles. The second kappa shape index (κ2) is 5.92. The average molecular weight is 239 g/mol. The van der Waals surface area contributed by atoms with Crippen molar-refractivity contribution in [3.8, 4) is 0 Å². The summed E-state index contributed by atoms with van der Waals surface area (Å²) in [5, 5.41) is 8.44. The van der Waals surface area contributed by atoms with Crippen LogP contribution in [0.15, 0.2) is 24.3 Å². The first-order chi connectivity index (χ1) is 7.67. The van der Waals surface area contributed by atoms with E-state index in [9.17, 15) is 4.79 Å². The lowest BCUT2D eigenvalue weighted by Crippen LogP contribution is -2.34. The molecule has 0 fully saturated rings. The number of nitrogens with one attached hydrogen (secondary N) is 3. The number of alkyl carbamates (subject to hydrolysis) is 1. The molecule has 0 aliphatic heterocycles. The average Bonchev–Trinajstić information content (AvgIpc) is 2.29. The fourth-order valence-electron chi connectivity index (χ4n) is 1.11. The topological polar surface area (TPSA) is 62.4 Å². The molecule has 0 unspecified atom stereocenters. The highest BCUT2D eigenvalue weighted by Crippen LogP contribution is 2.19. The van der Waals surface area contributed by atoms with Crippen LogP contribution < -0.4 is 16.0 Å². The Balaban J connectivity index is 2.65. The number of thiocarbonyl (C=S) groups is 1. The van der Waals surface area contributed by atoms with Crippen molar-refractivity contribution in [1.29, 1.82) is 0 Å². The fourth-order valence-corrected chi connectivity index (χ4v) is 1.30. The minimum atomic E-state index is -0.598. The number of hydrogen-bond acceptors (Lipinski definition) is 4. The van der Waals surface area contributed by atoms with E-state index in [1.54, 1.807) is 7.05 Å². The summed E-state index contributed by atoms with van der Waals surface area (Å²) in [5.74, 6) is 0. The maximum atomic E-state index is 10.9. The molecule has 0 atom stereocenters. The molecule has 1 amide bonds. The number of hydrogen-bond donors (Lipinski definition) is 3. The van der Waals surface area contributed by atoms with Crippen molar-refractivity contribution < 1.29 is 9.53 Å². The van der Waals surface area contributed by atoms with Crippen LogP contribution in [-0.2, 0) is 4.74 Å². The zero-order valence-electron chi connectivity index (χ0n) is 9.03. The Morgan fingerprint density at radius 2 is 1.94 bits per heavy atom. The van der Waals surface area contributed by atoms with Gasteiger partial charge in [0, 0.05) is 7.05 Å². The first-order valence-corrected chi connectivity index (χ1v) is 5.01. The van der Waals surface area contributed by atoms with Gasteiger partial charge in [-0.1, -0.05) is 12.1 Å². The van der Waals surface area contributed by atoms with Gasteiger partial charge in [-0.05, 0) is 24.4 Å². The van der Waals surface area contributed by atoms with Crippen molar-refractivity contribution in [1.82, 2.24) is 5.32 Å². The molecule has 86 valence electrons. The van der Waals surface area contributed by atoms with Gasteiger partial charge < -0.3 is 15.4 Å². The Bertz CT molecular complexity index is 395. The van der Waals surface area contributed by atoms with Gasteiger partial charge in [0.2, 0.25) is 0 Å². The summed E-state index contributed by atoms with van der Waals surface area (Å²) < 4.78 is 4.42. The quantitative estimate of drug-likeness (QED) is 0.687. The number of amides is 1. The van der Waals surface area contributed by atoms with Gasteiger partial charge in [-0.15, -0.1) is 0 Å². The Morgan fingerprint density at radius 1 is 1.31 bits per heavy atom. The second-order valence-electron chi connectivity index (χ2n) is 2.87. The van der Waals surface area contributed by atoms with E-state index in [1.807, 2.05) is 24.3 Å². The predicted octanol–water partition coefficient (Wildman–Crippen LogP) is 1.78. The third-order valence-electron chi connectivity index (χ3n) is 1.85. The van der Waals surface area contributed by atoms with E-state index in [0.717, 1.165) is 11.4 Å². The number of para-hydroxylation sites is 2. The molecule has 0 aliphatic rings. The summed E-state index contributed by atoms with van der Waals surface area (Å²) in [6.07, 6.45) is -0.598. The van der Waals surface area contributed by atoms with Gasteiger partial charge >= 0.3 is 6.09 Å². The number of ether oxygens (including phenoxy) is 1. The highest BCUT2D eigenvalue weighted by molar-refractivity contribution is 7.80. The van der Waals surface area contributed by atoms with Gasteiger partial charge in [0.15, 0.2) is 5.11 Å². The second-order valence-corrected chi connectivity index (χ2v) is 3.27. The van der Waals surface area contributed by atoms with E-state index >= 15 is 0 Å². The van der Waals surface area contributed by atoms with Gasteiger partial charge in [-0.25, -0.2) is 4.79 Å². The largest absolute Gasteiger partial charge is 0.453 e. The van der Waals surface area contributed by atoms with Gasteiger partial charge in [-0.3, -0.25) is 5.32 Å². The highest BCUT2D eigenvalue weighted by atomic mass is 32.1. The van der Waals surface area contributed by atoms with Crippen LogP contribution in [0.3, 0.4) is 0 Å². The van der Waals surface area contributed by atoms with Crippen LogP contribution in [0.5, 0.6) is 0 Å². The highest BCUT2D eigenvalue weighted by Gasteiger charge is 2.05. The third-order valence-corrected chi connectivity index (χ3v) is 2.05. The van der Waals surface area contributed by atoms with E-state index < -0.39 is 6.09 Å². The van der Waals surface area contributed by atoms with Crippen molar-refractivity contribution >= 4 is 34.8 Å². The molecular formula is C10H13N3O2S. The number of rotatable bonds is 2. The summed E-state index contributed by atoms with van der Waals surface area (Å²) in [5.41, 5.74) is 1.67. The number of anilines is 2. The minimum absolute atomic E-state index is 0.189. The summed E-state index contributed by atoms with van der Waals surface area (Å²) in [4.78, 5) is 10.9. The van der Waals surface area contributed by atoms with Crippen LogP contribution in [0, 0.1) is 0 Å². The predicted molar refractivity (Wildman–Crippen MR) is 67.8 cm³/mol. The number of methoxy groups -OCH3 is 1. The Morgan fingerprint density at radius 3 is 2.50 bits per heavy atom. The molecule has 3 N–H and O–H groups in total. The molecule has 0 saturated carbocycles.